The van der Waals surface area contributed by atoms with Crippen molar-refractivity contribution in [3.63, 3.8) is 0 Å². The standard InChI is InChI=1S/C18H15FN2OS/c1-12(22)10-11-23-18-16-5-3-2-4-15(16)17(20-21-18)13-6-8-14(19)9-7-13/h2-9H,10-11H2,1H3. The molecular formula is C18H15FN2OS. The summed E-state index contributed by atoms with van der Waals surface area (Å²) in [5, 5.41) is 11.4. The number of thioether (sulfide) groups is 1. The van der Waals surface area contributed by atoms with Crippen molar-refractivity contribution >= 4 is 28.3 Å². The van der Waals surface area contributed by atoms with Gasteiger partial charge in [0, 0.05) is 28.5 Å². The number of carbonyl (C=O) groups is 1. The molecule has 3 rings (SSSR count). The van der Waals surface area contributed by atoms with Crippen LogP contribution in [0.25, 0.3) is 22.0 Å². The quantitative estimate of drug-likeness (QED) is 0.647. The van der Waals surface area contributed by atoms with Crippen LogP contribution in [0.3, 0.4) is 0 Å². The Morgan fingerprint density at radius 3 is 2.43 bits per heavy atom. The number of benzene rings is 2. The smallest absolute Gasteiger partial charge is 0.130 e. The van der Waals surface area contributed by atoms with E-state index in [2.05, 4.69) is 10.2 Å². The van der Waals surface area contributed by atoms with E-state index >= 15 is 0 Å². The molecule has 0 atom stereocenters. The molecule has 0 saturated heterocycles. The molecule has 116 valence electrons. The van der Waals surface area contributed by atoms with Crippen LogP contribution in [0, 0.1) is 5.82 Å². The minimum absolute atomic E-state index is 0.165. The summed E-state index contributed by atoms with van der Waals surface area (Å²) in [6.45, 7) is 1.59. The second-order valence-corrected chi connectivity index (χ2v) is 6.29. The first-order valence-electron chi connectivity index (χ1n) is 7.29. The fourth-order valence-electron chi connectivity index (χ4n) is 2.30. The van der Waals surface area contributed by atoms with Crippen molar-refractivity contribution in [3.05, 3.63) is 54.3 Å². The van der Waals surface area contributed by atoms with E-state index in [1.54, 1.807) is 19.1 Å². The van der Waals surface area contributed by atoms with Gasteiger partial charge >= 0.3 is 0 Å². The monoisotopic (exact) mass is 326 g/mol. The van der Waals surface area contributed by atoms with Crippen LogP contribution in [0.5, 0.6) is 0 Å². The van der Waals surface area contributed by atoms with E-state index in [4.69, 9.17) is 0 Å². The summed E-state index contributed by atoms with van der Waals surface area (Å²) >= 11 is 1.53. The predicted molar refractivity (Wildman–Crippen MR) is 91.0 cm³/mol. The highest BCUT2D eigenvalue weighted by Crippen LogP contribution is 2.31. The summed E-state index contributed by atoms with van der Waals surface area (Å²) in [6.07, 6.45) is 0.514. The third kappa shape index (κ3) is 3.56. The number of fused-ring (bicyclic) bond motifs is 1. The van der Waals surface area contributed by atoms with Gasteiger partial charge in [-0.15, -0.1) is 22.0 Å². The first-order chi connectivity index (χ1) is 11.1. The summed E-state index contributed by atoms with van der Waals surface area (Å²) in [6, 6.07) is 14.1. The number of carbonyl (C=O) groups excluding carboxylic acids is 1. The SMILES string of the molecule is CC(=O)CCSc1nnc(-c2ccc(F)cc2)c2ccccc12. The molecule has 0 radical (unpaired) electrons. The van der Waals surface area contributed by atoms with Crippen molar-refractivity contribution in [3.8, 4) is 11.3 Å². The zero-order chi connectivity index (χ0) is 16.2. The van der Waals surface area contributed by atoms with Crippen molar-refractivity contribution in [1.29, 1.82) is 0 Å². The molecule has 0 spiro atoms. The van der Waals surface area contributed by atoms with Crippen molar-refractivity contribution in [2.24, 2.45) is 0 Å². The van der Waals surface area contributed by atoms with Crippen molar-refractivity contribution in [2.45, 2.75) is 18.4 Å². The summed E-state index contributed by atoms with van der Waals surface area (Å²) in [7, 11) is 0. The first kappa shape index (κ1) is 15.6. The lowest BCUT2D eigenvalue weighted by Crippen LogP contribution is -1.96. The van der Waals surface area contributed by atoms with Crippen LogP contribution in [0.1, 0.15) is 13.3 Å². The maximum atomic E-state index is 13.1. The van der Waals surface area contributed by atoms with E-state index in [0.29, 0.717) is 12.2 Å². The fraction of sp³-hybridized carbons (Fsp3) is 0.167. The molecule has 1 aromatic heterocycles. The molecule has 1 heterocycles. The van der Waals surface area contributed by atoms with Crippen molar-refractivity contribution in [1.82, 2.24) is 10.2 Å². The number of nitrogens with zero attached hydrogens (tertiary/aromatic N) is 2. The Kier molecular flexibility index (Phi) is 4.67. The van der Waals surface area contributed by atoms with E-state index in [0.717, 1.165) is 27.1 Å². The molecule has 2 aromatic carbocycles. The number of Topliss-reactive ketones (excluding diaryl/α,β-unsaturated/α-hetero) is 1. The number of hydrogen-bond acceptors (Lipinski definition) is 4. The fourth-order valence-corrected chi connectivity index (χ4v) is 3.31. The van der Waals surface area contributed by atoms with Crippen LogP contribution < -0.4 is 0 Å². The number of ketones is 1. The largest absolute Gasteiger partial charge is 0.300 e. The average molecular weight is 326 g/mol. The van der Waals surface area contributed by atoms with Gasteiger partial charge in [0.2, 0.25) is 0 Å². The van der Waals surface area contributed by atoms with Crippen molar-refractivity contribution in [2.75, 3.05) is 5.75 Å². The molecule has 0 aliphatic heterocycles. The minimum atomic E-state index is -0.276. The molecule has 0 bridgehead atoms. The van der Waals surface area contributed by atoms with Crippen LogP contribution in [0.2, 0.25) is 0 Å². The Bertz CT molecular complexity index is 849. The Morgan fingerprint density at radius 2 is 1.74 bits per heavy atom. The van der Waals surface area contributed by atoms with E-state index in [-0.39, 0.29) is 11.6 Å². The van der Waals surface area contributed by atoms with Crippen LogP contribution in [-0.4, -0.2) is 21.7 Å². The van der Waals surface area contributed by atoms with Crippen LogP contribution >= 0.6 is 11.8 Å². The number of rotatable bonds is 5. The average Bonchev–Trinajstić information content (AvgIpc) is 2.56. The molecule has 0 amide bonds. The van der Waals surface area contributed by atoms with E-state index < -0.39 is 0 Å². The Balaban J connectivity index is 2.02. The van der Waals surface area contributed by atoms with E-state index in [9.17, 15) is 9.18 Å². The molecule has 3 nitrogen and oxygen atoms in total. The van der Waals surface area contributed by atoms with Crippen LogP contribution in [0.4, 0.5) is 4.39 Å². The summed E-state index contributed by atoms with van der Waals surface area (Å²) in [5.74, 6) is 0.573. The third-order valence-electron chi connectivity index (χ3n) is 3.46. The zero-order valence-corrected chi connectivity index (χ0v) is 13.4. The molecule has 0 aliphatic rings. The van der Waals surface area contributed by atoms with Gasteiger partial charge in [-0.25, -0.2) is 4.39 Å². The Hall–Kier alpha value is -2.27. The maximum absolute atomic E-state index is 13.1. The minimum Gasteiger partial charge on any atom is -0.300 e. The predicted octanol–water partition coefficient (Wildman–Crippen LogP) is 4.51. The zero-order valence-electron chi connectivity index (χ0n) is 12.6. The van der Waals surface area contributed by atoms with Gasteiger partial charge in [0.05, 0.1) is 0 Å². The first-order valence-corrected chi connectivity index (χ1v) is 8.27. The molecule has 0 fully saturated rings. The molecule has 0 N–H and O–H groups in total. The molecule has 0 unspecified atom stereocenters. The summed E-state index contributed by atoms with van der Waals surface area (Å²) < 4.78 is 13.1. The second kappa shape index (κ2) is 6.87. The van der Waals surface area contributed by atoms with Gasteiger partial charge in [0.15, 0.2) is 0 Å². The normalized spacial score (nSPS) is 10.9. The van der Waals surface area contributed by atoms with Gasteiger partial charge < -0.3 is 0 Å². The van der Waals surface area contributed by atoms with Crippen LogP contribution in [-0.2, 0) is 4.79 Å². The van der Waals surface area contributed by atoms with Gasteiger partial charge in [-0.05, 0) is 31.2 Å². The van der Waals surface area contributed by atoms with E-state index in [1.807, 2.05) is 24.3 Å². The second-order valence-electron chi connectivity index (χ2n) is 5.21. The lowest BCUT2D eigenvalue weighted by molar-refractivity contribution is -0.116. The van der Waals surface area contributed by atoms with Crippen molar-refractivity contribution < 1.29 is 9.18 Å². The van der Waals surface area contributed by atoms with Gasteiger partial charge in [-0.1, -0.05) is 24.3 Å². The molecule has 0 saturated carbocycles. The maximum Gasteiger partial charge on any atom is 0.130 e. The number of halogens is 1. The lowest BCUT2D eigenvalue weighted by Gasteiger charge is -2.09. The molecule has 0 aliphatic carbocycles. The van der Waals surface area contributed by atoms with Gasteiger partial charge in [-0.2, -0.15) is 0 Å². The Morgan fingerprint density at radius 1 is 1.04 bits per heavy atom. The van der Waals surface area contributed by atoms with Gasteiger partial charge in [-0.3, -0.25) is 4.79 Å². The highest BCUT2D eigenvalue weighted by molar-refractivity contribution is 7.99. The Labute approximate surface area is 137 Å². The van der Waals surface area contributed by atoms with E-state index in [1.165, 1.54) is 23.9 Å². The molecular weight excluding hydrogens is 311 g/mol. The molecule has 23 heavy (non-hydrogen) atoms. The molecule has 5 heteroatoms. The summed E-state index contributed by atoms with van der Waals surface area (Å²) in [4.78, 5) is 11.1. The van der Waals surface area contributed by atoms with Gasteiger partial charge in [0.25, 0.3) is 0 Å². The topological polar surface area (TPSA) is 42.9 Å². The molecule has 3 aromatic rings. The lowest BCUT2D eigenvalue weighted by atomic mass is 10.1. The van der Waals surface area contributed by atoms with Crippen LogP contribution in [0.15, 0.2) is 53.6 Å². The third-order valence-corrected chi connectivity index (χ3v) is 4.45. The van der Waals surface area contributed by atoms with Gasteiger partial charge in [0.1, 0.15) is 22.3 Å². The summed E-state index contributed by atoms with van der Waals surface area (Å²) in [5.41, 5.74) is 1.56. The highest BCUT2D eigenvalue weighted by atomic mass is 32.2. The number of aromatic nitrogens is 2. The highest BCUT2D eigenvalue weighted by Gasteiger charge is 2.11. The number of hydrogen-bond donors (Lipinski definition) is 0.